The molecule has 0 fully saturated rings. The number of para-hydroxylation sites is 1. The molecule has 2 heterocycles. The van der Waals surface area contributed by atoms with Gasteiger partial charge in [0.25, 0.3) is 0 Å². The molecule has 0 bridgehead atoms. The molecule has 0 unspecified atom stereocenters. The number of hydrogen-bond donors (Lipinski definition) is 0. The van der Waals surface area contributed by atoms with E-state index in [0.29, 0.717) is 17.5 Å². The fourth-order valence-corrected chi connectivity index (χ4v) is 8.04. The highest BCUT2D eigenvalue weighted by atomic mass is 16.3. The van der Waals surface area contributed by atoms with Crippen molar-refractivity contribution in [2.75, 3.05) is 0 Å². The Balaban J connectivity index is 1.15. The van der Waals surface area contributed by atoms with Crippen molar-refractivity contribution in [3.05, 3.63) is 188 Å². The zero-order chi connectivity index (χ0) is 36.3. The zero-order valence-electron chi connectivity index (χ0n) is 29.6. The summed E-state index contributed by atoms with van der Waals surface area (Å²) in [6, 6.07) is 65.8. The van der Waals surface area contributed by atoms with Crippen LogP contribution in [0, 0.1) is 0 Å². The number of benzene rings is 9. The van der Waals surface area contributed by atoms with Crippen LogP contribution >= 0.6 is 0 Å². The van der Waals surface area contributed by atoms with Crippen LogP contribution in [-0.2, 0) is 0 Å². The lowest BCUT2D eigenvalue weighted by Crippen LogP contribution is -2.01. The molecule has 0 atom stereocenters. The zero-order valence-corrected chi connectivity index (χ0v) is 29.6. The lowest BCUT2D eigenvalue weighted by atomic mass is 9.89. The van der Waals surface area contributed by atoms with Crippen LogP contribution in [0.2, 0.25) is 0 Å². The Morgan fingerprint density at radius 1 is 0.309 bits per heavy atom. The van der Waals surface area contributed by atoms with Gasteiger partial charge in [-0.1, -0.05) is 152 Å². The van der Waals surface area contributed by atoms with Crippen LogP contribution in [0.15, 0.2) is 192 Å². The molecule has 55 heavy (non-hydrogen) atoms. The second kappa shape index (κ2) is 12.6. The van der Waals surface area contributed by atoms with Gasteiger partial charge >= 0.3 is 0 Å². The molecular formula is C51H31N3O. The summed E-state index contributed by atoms with van der Waals surface area (Å²) in [7, 11) is 0. The second-order valence-electron chi connectivity index (χ2n) is 14.0. The summed E-state index contributed by atoms with van der Waals surface area (Å²) < 4.78 is 6.69. The summed E-state index contributed by atoms with van der Waals surface area (Å²) >= 11 is 0. The van der Waals surface area contributed by atoms with Crippen LogP contribution in [0.4, 0.5) is 0 Å². The Hall–Kier alpha value is -7.43. The summed E-state index contributed by atoms with van der Waals surface area (Å²) in [5.74, 6) is 1.90. The minimum Gasteiger partial charge on any atom is -0.455 e. The molecular weight excluding hydrogens is 671 g/mol. The van der Waals surface area contributed by atoms with E-state index in [4.69, 9.17) is 19.4 Å². The van der Waals surface area contributed by atoms with Gasteiger partial charge in [0.15, 0.2) is 17.5 Å². The van der Waals surface area contributed by atoms with Gasteiger partial charge in [0.1, 0.15) is 11.2 Å². The maximum absolute atomic E-state index is 6.69. The largest absolute Gasteiger partial charge is 0.455 e. The standard InChI is InChI=1S/C51H31N3O/c1-3-13-32(14-4-1)36-25-26-39-38(30-36)31-45(47-44-21-11-12-22-46(44)55-48(39)47)42-27-28-43(41-20-10-9-19-40(41)42)51-53-49(34-16-5-2-6-17-34)52-50(54-51)37-24-23-33-15-7-8-18-35(33)29-37/h1-31H. The minimum atomic E-state index is 0.629. The van der Waals surface area contributed by atoms with Crippen LogP contribution < -0.4 is 0 Å². The lowest BCUT2D eigenvalue weighted by Gasteiger charge is -2.15. The van der Waals surface area contributed by atoms with Crippen molar-refractivity contribution in [1.82, 2.24) is 15.0 Å². The van der Waals surface area contributed by atoms with Gasteiger partial charge in [0.05, 0.1) is 0 Å². The molecule has 0 saturated carbocycles. The van der Waals surface area contributed by atoms with Crippen LogP contribution in [0.5, 0.6) is 0 Å². The Morgan fingerprint density at radius 3 is 1.69 bits per heavy atom. The maximum atomic E-state index is 6.69. The monoisotopic (exact) mass is 701 g/mol. The summed E-state index contributed by atoms with van der Waals surface area (Å²) in [4.78, 5) is 15.4. The van der Waals surface area contributed by atoms with Crippen molar-refractivity contribution >= 4 is 54.3 Å². The predicted octanol–water partition coefficient (Wildman–Crippen LogP) is 13.6. The van der Waals surface area contributed by atoms with Crippen LogP contribution in [0.3, 0.4) is 0 Å². The van der Waals surface area contributed by atoms with E-state index in [1.165, 1.54) is 16.5 Å². The number of furan rings is 1. The van der Waals surface area contributed by atoms with Crippen LogP contribution in [0.25, 0.3) is 111 Å². The Kier molecular flexibility index (Phi) is 7.14. The van der Waals surface area contributed by atoms with Crippen molar-refractivity contribution in [3.8, 4) is 56.4 Å². The smallest absolute Gasteiger partial charge is 0.164 e. The molecule has 4 nitrogen and oxygen atoms in total. The summed E-state index contributed by atoms with van der Waals surface area (Å²) in [6.45, 7) is 0. The lowest BCUT2D eigenvalue weighted by molar-refractivity contribution is 0.673. The van der Waals surface area contributed by atoms with Gasteiger partial charge in [-0.05, 0) is 85.6 Å². The van der Waals surface area contributed by atoms with Gasteiger partial charge < -0.3 is 4.42 Å². The number of fused-ring (bicyclic) bond motifs is 7. The molecule has 11 aromatic rings. The second-order valence-corrected chi connectivity index (χ2v) is 14.0. The van der Waals surface area contributed by atoms with Gasteiger partial charge in [-0.3, -0.25) is 0 Å². The summed E-state index contributed by atoms with van der Waals surface area (Å²) in [5.41, 5.74) is 9.19. The van der Waals surface area contributed by atoms with Crippen molar-refractivity contribution in [3.63, 3.8) is 0 Å². The molecule has 0 aliphatic rings. The van der Waals surface area contributed by atoms with E-state index in [1.807, 2.05) is 36.4 Å². The van der Waals surface area contributed by atoms with Gasteiger partial charge in [0.2, 0.25) is 0 Å². The van der Waals surface area contributed by atoms with E-state index >= 15 is 0 Å². The number of aromatic nitrogens is 3. The SMILES string of the molecule is c1ccc(-c2ccc3c(c2)cc(-c2ccc(-c4nc(-c5ccccc5)nc(-c5ccc6ccccc6c5)n4)c4ccccc24)c2c4ccccc4oc32)cc1. The molecule has 0 amide bonds. The molecule has 0 saturated heterocycles. The van der Waals surface area contributed by atoms with Gasteiger partial charge in [-0.25, -0.2) is 15.0 Å². The Morgan fingerprint density at radius 2 is 0.891 bits per heavy atom. The first-order valence-electron chi connectivity index (χ1n) is 18.5. The van der Waals surface area contributed by atoms with E-state index in [0.717, 1.165) is 76.7 Å². The fraction of sp³-hybridized carbons (Fsp3) is 0. The highest BCUT2D eigenvalue weighted by molar-refractivity contribution is 6.23. The Labute approximate surface area is 317 Å². The molecule has 0 spiro atoms. The van der Waals surface area contributed by atoms with Gasteiger partial charge in [-0.15, -0.1) is 0 Å². The molecule has 2 aromatic heterocycles. The predicted molar refractivity (Wildman–Crippen MR) is 227 cm³/mol. The van der Waals surface area contributed by atoms with E-state index in [9.17, 15) is 0 Å². The molecule has 0 radical (unpaired) electrons. The molecule has 0 aliphatic heterocycles. The highest BCUT2D eigenvalue weighted by Crippen LogP contribution is 2.45. The highest BCUT2D eigenvalue weighted by Gasteiger charge is 2.21. The first-order valence-corrected chi connectivity index (χ1v) is 18.5. The number of hydrogen-bond acceptors (Lipinski definition) is 4. The quantitative estimate of drug-likeness (QED) is 0.179. The average Bonchev–Trinajstić information content (AvgIpc) is 3.66. The first kappa shape index (κ1) is 31.1. The molecule has 0 aliphatic carbocycles. The number of rotatable bonds is 5. The minimum absolute atomic E-state index is 0.629. The van der Waals surface area contributed by atoms with E-state index in [-0.39, 0.29) is 0 Å². The third kappa shape index (κ3) is 5.26. The third-order valence-electron chi connectivity index (χ3n) is 10.7. The van der Waals surface area contributed by atoms with Gasteiger partial charge in [-0.2, -0.15) is 0 Å². The normalized spacial score (nSPS) is 11.6. The third-order valence-corrected chi connectivity index (χ3v) is 10.7. The topological polar surface area (TPSA) is 51.8 Å². The molecule has 256 valence electrons. The molecule has 11 rings (SSSR count). The number of nitrogens with zero attached hydrogens (tertiary/aromatic N) is 3. The average molecular weight is 702 g/mol. The van der Waals surface area contributed by atoms with Crippen LogP contribution in [0.1, 0.15) is 0 Å². The van der Waals surface area contributed by atoms with Crippen molar-refractivity contribution in [1.29, 1.82) is 0 Å². The van der Waals surface area contributed by atoms with Gasteiger partial charge in [0, 0.05) is 32.8 Å². The molecule has 9 aromatic carbocycles. The van der Waals surface area contributed by atoms with E-state index in [1.54, 1.807) is 0 Å². The van der Waals surface area contributed by atoms with Crippen molar-refractivity contribution in [2.45, 2.75) is 0 Å². The van der Waals surface area contributed by atoms with Crippen molar-refractivity contribution < 1.29 is 4.42 Å². The van der Waals surface area contributed by atoms with Crippen LogP contribution in [-0.4, -0.2) is 15.0 Å². The summed E-state index contributed by atoms with van der Waals surface area (Å²) in [5, 5.41) is 8.92. The fourth-order valence-electron chi connectivity index (χ4n) is 8.04. The molecule has 4 heteroatoms. The Bertz CT molecular complexity index is 3260. The maximum Gasteiger partial charge on any atom is 0.164 e. The van der Waals surface area contributed by atoms with E-state index in [2.05, 4.69) is 152 Å². The molecule has 0 N–H and O–H groups in total. The van der Waals surface area contributed by atoms with E-state index < -0.39 is 0 Å². The first-order chi connectivity index (χ1) is 27.2. The summed E-state index contributed by atoms with van der Waals surface area (Å²) in [6.07, 6.45) is 0. The van der Waals surface area contributed by atoms with Crippen molar-refractivity contribution in [2.24, 2.45) is 0 Å².